The number of likely N-dealkylation sites (N-methyl/N-ethyl adjacent to an activating group) is 1. The topological polar surface area (TPSA) is 51.4 Å². The van der Waals surface area contributed by atoms with E-state index in [1.165, 1.54) is 31.2 Å². The molecule has 4 nitrogen and oxygen atoms in total. The van der Waals surface area contributed by atoms with Crippen molar-refractivity contribution in [2.75, 3.05) is 20.2 Å². The van der Waals surface area contributed by atoms with Crippen LogP contribution in [0.15, 0.2) is 18.3 Å². The summed E-state index contributed by atoms with van der Waals surface area (Å²) >= 11 is 0. The highest BCUT2D eigenvalue weighted by molar-refractivity contribution is 5.21. The Morgan fingerprint density at radius 2 is 2.16 bits per heavy atom. The third-order valence-corrected chi connectivity index (χ3v) is 4.14. The van der Waals surface area contributed by atoms with Gasteiger partial charge in [0.15, 0.2) is 0 Å². The summed E-state index contributed by atoms with van der Waals surface area (Å²) in [6.07, 6.45) is 7.19. The van der Waals surface area contributed by atoms with Gasteiger partial charge in [0.2, 0.25) is 5.88 Å². The third kappa shape index (κ3) is 3.25. The van der Waals surface area contributed by atoms with Crippen molar-refractivity contribution in [3.05, 3.63) is 23.9 Å². The van der Waals surface area contributed by atoms with Crippen molar-refractivity contribution in [3.63, 3.8) is 0 Å². The first-order chi connectivity index (χ1) is 9.30. The van der Waals surface area contributed by atoms with Gasteiger partial charge < -0.3 is 10.5 Å². The zero-order valence-electron chi connectivity index (χ0n) is 12.0. The van der Waals surface area contributed by atoms with Gasteiger partial charge in [0, 0.05) is 30.9 Å². The van der Waals surface area contributed by atoms with Crippen LogP contribution in [0.5, 0.6) is 5.88 Å². The highest BCUT2D eigenvalue weighted by Gasteiger charge is 2.27. The minimum Gasteiger partial charge on any atom is -0.481 e. The summed E-state index contributed by atoms with van der Waals surface area (Å²) in [4.78, 5) is 6.84. The average molecular weight is 263 g/mol. The lowest BCUT2D eigenvalue weighted by Crippen LogP contribution is -2.40. The first kappa shape index (κ1) is 14.3. The number of nitrogens with two attached hydrogens (primary N) is 1. The standard InChI is InChI=1S/C15H25N3O/c1-3-18(13-6-4-5-7-13)14(10-16)12-8-9-15(19-2)17-11-12/h8-9,11,13-14H,3-7,10,16H2,1-2H3. The highest BCUT2D eigenvalue weighted by atomic mass is 16.5. The van der Waals surface area contributed by atoms with E-state index in [0.29, 0.717) is 18.5 Å². The summed E-state index contributed by atoms with van der Waals surface area (Å²) in [5.41, 5.74) is 7.21. The maximum absolute atomic E-state index is 6.02. The van der Waals surface area contributed by atoms with Crippen molar-refractivity contribution in [3.8, 4) is 5.88 Å². The van der Waals surface area contributed by atoms with E-state index >= 15 is 0 Å². The number of ether oxygens (including phenoxy) is 1. The largest absolute Gasteiger partial charge is 0.481 e. The van der Waals surface area contributed by atoms with Crippen molar-refractivity contribution in [1.29, 1.82) is 0 Å². The molecule has 4 heteroatoms. The molecule has 1 aliphatic carbocycles. The molecular formula is C15H25N3O. The van der Waals surface area contributed by atoms with Gasteiger partial charge in [0.05, 0.1) is 7.11 Å². The summed E-state index contributed by atoms with van der Waals surface area (Å²) in [5, 5.41) is 0. The Bertz CT molecular complexity index is 373. The molecule has 106 valence electrons. The van der Waals surface area contributed by atoms with Crippen LogP contribution in [0.1, 0.15) is 44.2 Å². The van der Waals surface area contributed by atoms with E-state index < -0.39 is 0 Å². The van der Waals surface area contributed by atoms with Gasteiger partial charge in [-0.15, -0.1) is 0 Å². The highest BCUT2D eigenvalue weighted by Crippen LogP contribution is 2.30. The van der Waals surface area contributed by atoms with Gasteiger partial charge in [-0.2, -0.15) is 0 Å². The molecule has 0 spiro atoms. The second-order valence-corrected chi connectivity index (χ2v) is 5.15. The fourth-order valence-corrected chi connectivity index (χ4v) is 3.14. The number of rotatable bonds is 6. The number of hydrogen-bond donors (Lipinski definition) is 1. The predicted octanol–water partition coefficient (Wildman–Crippen LogP) is 2.35. The molecule has 2 rings (SSSR count). The molecule has 19 heavy (non-hydrogen) atoms. The Balaban J connectivity index is 2.15. The molecule has 1 fully saturated rings. The van der Waals surface area contributed by atoms with E-state index in [0.717, 1.165) is 6.54 Å². The fourth-order valence-electron chi connectivity index (χ4n) is 3.14. The van der Waals surface area contributed by atoms with Crippen molar-refractivity contribution in [1.82, 2.24) is 9.88 Å². The van der Waals surface area contributed by atoms with E-state index in [-0.39, 0.29) is 6.04 Å². The molecule has 0 radical (unpaired) electrons. The Labute approximate surface area is 116 Å². The molecule has 2 N–H and O–H groups in total. The summed E-state index contributed by atoms with van der Waals surface area (Å²) < 4.78 is 5.11. The Hall–Kier alpha value is -1.13. The lowest BCUT2D eigenvalue weighted by Gasteiger charge is -2.35. The van der Waals surface area contributed by atoms with Crippen LogP contribution >= 0.6 is 0 Å². The molecule has 0 aliphatic heterocycles. The SMILES string of the molecule is CCN(C1CCCC1)C(CN)c1ccc(OC)nc1. The monoisotopic (exact) mass is 263 g/mol. The number of nitrogens with zero attached hydrogens (tertiary/aromatic N) is 2. The minimum absolute atomic E-state index is 0.270. The van der Waals surface area contributed by atoms with Gasteiger partial charge in [0.1, 0.15) is 0 Å². The maximum atomic E-state index is 6.02. The van der Waals surface area contributed by atoms with E-state index in [1.54, 1.807) is 7.11 Å². The molecular weight excluding hydrogens is 238 g/mol. The zero-order valence-corrected chi connectivity index (χ0v) is 12.0. The van der Waals surface area contributed by atoms with Crippen molar-refractivity contribution < 1.29 is 4.74 Å². The number of methoxy groups -OCH3 is 1. The number of pyridine rings is 1. The molecule has 1 saturated carbocycles. The molecule has 1 aromatic rings. The smallest absolute Gasteiger partial charge is 0.212 e. The number of aromatic nitrogens is 1. The quantitative estimate of drug-likeness (QED) is 0.856. The van der Waals surface area contributed by atoms with Crippen LogP contribution in [-0.4, -0.2) is 36.1 Å². The van der Waals surface area contributed by atoms with Crippen molar-refractivity contribution >= 4 is 0 Å². The minimum atomic E-state index is 0.270. The van der Waals surface area contributed by atoms with Crippen molar-refractivity contribution in [2.45, 2.75) is 44.7 Å². The molecule has 1 unspecified atom stereocenters. The van der Waals surface area contributed by atoms with Gasteiger partial charge in [-0.1, -0.05) is 25.8 Å². The van der Waals surface area contributed by atoms with Gasteiger partial charge >= 0.3 is 0 Å². The van der Waals surface area contributed by atoms with E-state index in [1.807, 2.05) is 12.3 Å². The zero-order chi connectivity index (χ0) is 13.7. The van der Waals surface area contributed by atoms with Crippen LogP contribution in [0.25, 0.3) is 0 Å². The predicted molar refractivity (Wildman–Crippen MR) is 77.2 cm³/mol. The summed E-state index contributed by atoms with van der Waals surface area (Å²) in [5.74, 6) is 0.656. The summed E-state index contributed by atoms with van der Waals surface area (Å²) in [6.45, 7) is 3.90. The molecule has 0 aromatic carbocycles. The lowest BCUT2D eigenvalue weighted by atomic mass is 10.0. The van der Waals surface area contributed by atoms with Crippen LogP contribution in [0.3, 0.4) is 0 Å². The van der Waals surface area contributed by atoms with Crippen LogP contribution in [-0.2, 0) is 0 Å². The van der Waals surface area contributed by atoms with Crippen LogP contribution in [0.2, 0.25) is 0 Å². The summed E-state index contributed by atoms with van der Waals surface area (Å²) in [7, 11) is 1.64. The normalized spacial score (nSPS) is 17.9. The lowest BCUT2D eigenvalue weighted by molar-refractivity contribution is 0.147. The molecule has 1 heterocycles. The maximum Gasteiger partial charge on any atom is 0.212 e. The van der Waals surface area contributed by atoms with Crippen LogP contribution in [0.4, 0.5) is 0 Å². The average Bonchev–Trinajstić information content (AvgIpc) is 2.98. The van der Waals surface area contributed by atoms with Gasteiger partial charge in [-0.05, 0) is 24.9 Å². The fraction of sp³-hybridized carbons (Fsp3) is 0.667. The first-order valence-corrected chi connectivity index (χ1v) is 7.25. The third-order valence-electron chi connectivity index (χ3n) is 4.14. The first-order valence-electron chi connectivity index (χ1n) is 7.25. The van der Waals surface area contributed by atoms with E-state index in [4.69, 9.17) is 10.5 Å². The van der Waals surface area contributed by atoms with Crippen LogP contribution < -0.4 is 10.5 Å². The Morgan fingerprint density at radius 1 is 1.42 bits per heavy atom. The second-order valence-electron chi connectivity index (χ2n) is 5.15. The van der Waals surface area contributed by atoms with E-state index in [9.17, 15) is 0 Å². The summed E-state index contributed by atoms with van der Waals surface area (Å²) in [6, 6.07) is 4.95. The van der Waals surface area contributed by atoms with Crippen molar-refractivity contribution in [2.24, 2.45) is 5.73 Å². The molecule has 1 aliphatic rings. The molecule has 0 amide bonds. The second kappa shape index (κ2) is 6.87. The van der Waals surface area contributed by atoms with Crippen LogP contribution in [0, 0.1) is 0 Å². The Morgan fingerprint density at radius 3 is 2.63 bits per heavy atom. The Kier molecular flexibility index (Phi) is 5.16. The van der Waals surface area contributed by atoms with E-state index in [2.05, 4.69) is 22.9 Å². The molecule has 0 saturated heterocycles. The van der Waals surface area contributed by atoms with Gasteiger partial charge in [-0.25, -0.2) is 4.98 Å². The van der Waals surface area contributed by atoms with Gasteiger partial charge in [0.25, 0.3) is 0 Å². The molecule has 0 bridgehead atoms. The van der Waals surface area contributed by atoms with Gasteiger partial charge in [-0.3, -0.25) is 4.90 Å². The molecule has 1 aromatic heterocycles. The number of hydrogen-bond acceptors (Lipinski definition) is 4. The molecule has 1 atom stereocenters.